The molecule has 10 heteroatoms. The van der Waals surface area contributed by atoms with Crippen LogP contribution in [0.25, 0.3) is 11.1 Å². The van der Waals surface area contributed by atoms with Crippen LogP contribution < -0.4 is 27.1 Å². The first-order valence-corrected chi connectivity index (χ1v) is 7.54. The topological polar surface area (TPSA) is 134 Å². The summed E-state index contributed by atoms with van der Waals surface area (Å²) in [6.45, 7) is 0. The molecule has 0 unspecified atom stereocenters. The zero-order valence-electron chi connectivity index (χ0n) is 10.7. The number of nitrogens with one attached hydrogen (secondary N) is 4. The van der Waals surface area contributed by atoms with Gasteiger partial charge in [-0.2, -0.15) is 11.1 Å². The molecule has 0 amide bonds. The summed E-state index contributed by atoms with van der Waals surface area (Å²) in [7, 11) is -3.88. The van der Waals surface area contributed by atoms with Gasteiger partial charge in [-0.3, -0.25) is 0 Å². The van der Waals surface area contributed by atoms with E-state index in [0.717, 1.165) is 0 Å². The van der Waals surface area contributed by atoms with E-state index in [-0.39, 0.29) is 4.90 Å². The molecule has 110 valence electrons. The number of aromatic nitrogens is 2. The number of benzene rings is 1. The van der Waals surface area contributed by atoms with Gasteiger partial charge in [0.05, 0.1) is 4.90 Å². The standard InChI is InChI=1S/C11H13N7O2S/c12-21(19,20)9-3-1-2-8(7-4-13-6-14-5-7)10(9)11-15-17-18-16-11/h1-6,11,15-18H,(H2,12,19,20). The Labute approximate surface area is 120 Å². The summed E-state index contributed by atoms with van der Waals surface area (Å²) in [5, 5.41) is 5.32. The molecule has 21 heavy (non-hydrogen) atoms. The molecule has 3 rings (SSSR count). The van der Waals surface area contributed by atoms with Crippen molar-refractivity contribution in [1.82, 2.24) is 31.9 Å². The first-order valence-electron chi connectivity index (χ1n) is 5.99. The summed E-state index contributed by atoms with van der Waals surface area (Å²) in [5.41, 5.74) is 12.9. The highest BCUT2D eigenvalue weighted by Gasteiger charge is 2.26. The van der Waals surface area contributed by atoms with Crippen molar-refractivity contribution in [3.8, 4) is 11.1 Å². The van der Waals surface area contributed by atoms with Crippen LogP contribution >= 0.6 is 0 Å². The summed E-state index contributed by atoms with van der Waals surface area (Å²) in [4.78, 5) is 7.94. The monoisotopic (exact) mass is 307 g/mol. The lowest BCUT2D eigenvalue weighted by Crippen LogP contribution is -2.33. The van der Waals surface area contributed by atoms with Crippen molar-refractivity contribution in [2.24, 2.45) is 5.14 Å². The average molecular weight is 307 g/mol. The van der Waals surface area contributed by atoms with Gasteiger partial charge in [-0.05, 0) is 11.6 Å². The van der Waals surface area contributed by atoms with Crippen LogP contribution in [0.4, 0.5) is 0 Å². The molecule has 2 aromatic rings. The normalized spacial score (nSPS) is 16.2. The lowest BCUT2D eigenvalue weighted by atomic mass is 10.0. The molecule has 1 aromatic carbocycles. The van der Waals surface area contributed by atoms with Gasteiger partial charge in [0.25, 0.3) is 0 Å². The summed E-state index contributed by atoms with van der Waals surface area (Å²) in [6, 6.07) is 4.87. The number of primary sulfonamides is 1. The SMILES string of the molecule is NS(=O)(=O)c1cccc(-c2cncnc2)c1C1NNNN1. The molecular weight excluding hydrogens is 294 g/mol. The fourth-order valence-electron chi connectivity index (χ4n) is 2.18. The highest BCUT2D eigenvalue weighted by atomic mass is 32.2. The largest absolute Gasteiger partial charge is 0.244 e. The van der Waals surface area contributed by atoms with Crippen LogP contribution in [0.5, 0.6) is 0 Å². The Bertz CT molecular complexity index is 744. The molecule has 0 spiro atoms. The Balaban J connectivity index is 2.25. The van der Waals surface area contributed by atoms with Crippen LogP contribution in [0.1, 0.15) is 11.7 Å². The Morgan fingerprint density at radius 3 is 2.38 bits per heavy atom. The zero-order valence-corrected chi connectivity index (χ0v) is 11.6. The minimum atomic E-state index is -3.88. The third kappa shape index (κ3) is 2.76. The molecule has 1 aliphatic heterocycles. The van der Waals surface area contributed by atoms with E-state index in [2.05, 4.69) is 31.9 Å². The summed E-state index contributed by atoms with van der Waals surface area (Å²) < 4.78 is 23.7. The maximum absolute atomic E-state index is 11.8. The van der Waals surface area contributed by atoms with Crippen molar-refractivity contribution in [1.29, 1.82) is 0 Å². The lowest BCUT2D eigenvalue weighted by molar-refractivity contribution is 0.540. The fraction of sp³-hybridized carbons (Fsp3) is 0.0909. The minimum absolute atomic E-state index is 0.0272. The number of nitrogens with two attached hydrogens (primary N) is 1. The van der Waals surface area contributed by atoms with Crippen LogP contribution in [0.15, 0.2) is 41.8 Å². The molecule has 1 saturated heterocycles. The molecule has 0 bridgehead atoms. The Morgan fingerprint density at radius 1 is 1.10 bits per heavy atom. The smallest absolute Gasteiger partial charge is 0.238 e. The third-order valence-electron chi connectivity index (χ3n) is 3.03. The first kappa shape index (κ1) is 14.0. The molecule has 6 N–H and O–H groups in total. The second-order valence-electron chi connectivity index (χ2n) is 4.36. The summed E-state index contributed by atoms with van der Waals surface area (Å²) in [6.07, 6.45) is 4.13. The lowest BCUT2D eigenvalue weighted by Gasteiger charge is -2.18. The van der Waals surface area contributed by atoms with Gasteiger partial charge < -0.3 is 0 Å². The van der Waals surface area contributed by atoms with E-state index in [1.54, 1.807) is 24.5 Å². The van der Waals surface area contributed by atoms with E-state index in [9.17, 15) is 8.42 Å². The van der Waals surface area contributed by atoms with Crippen molar-refractivity contribution in [2.45, 2.75) is 11.1 Å². The fourth-order valence-corrected chi connectivity index (χ4v) is 2.98. The van der Waals surface area contributed by atoms with Crippen molar-refractivity contribution in [3.05, 3.63) is 42.5 Å². The van der Waals surface area contributed by atoms with Gasteiger partial charge in [0.15, 0.2) is 0 Å². The Kier molecular flexibility index (Phi) is 3.63. The van der Waals surface area contributed by atoms with Gasteiger partial charge in [0.1, 0.15) is 12.5 Å². The second-order valence-corrected chi connectivity index (χ2v) is 5.89. The second kappa shape index (κ2) is 5.44. The van der Waals surface area contributed by atoms with Crippen LogP contribution in [0.2, 0.25) is 0 Å². The average Bonchev–Trinajstić information content (AvgIpc) is 3.00. The predicted molar refractivity (Wildman–Crippen MR) is 74.1 cm³/mol. The highest BCUT2D eigenvalue weighted by Crippen LogP contribution is 2.31. The predicted octanol–water partition coefficient (Wildman–Crippen LogP) is -1.09. The Morgan fingerprint density at radius 2 is 1.76 bits per heavy atom. The summed E-state index contributed by atoms with van der Waals surface area (Å²) in [5.74, 6) is 0. The van der Waals surface area contributed by atoms with E-state index in [1.165, 1.54) is 12.4 Å². The van der Waals surface area contributed by atoms with Gasteiger partial charge in [-0.25, -0.2) is 34.4 Å². The molecule has 0 atom stereocenters. The number of hydrogen-bond acceptors (Lipinski definition) is 8. The van der Waals surface area contributed by atoms with Crippen molar-refractivity contribution in [3.63, 3.8) is 0 Å². The number of nitrogens with zero attached hydrogens (tertiary/aromatic N) is 2. The quantitative estimate of drug-likeness (QED) is 0.483. The maximum atomic E-state index is 11.8. The van der Waals surface area contributed by atoms with E-state index in [1.807, 2.05) is 0 Å². The zero-order chi connectivity index (χ0) is 14.9. The summed E-state index contributed by atoms with van der Waals surface area (Å²) >= 11 is 0. The van der Waals surface area contributed by atoms with E-state index in [0.29, 0.717) is 16.7 Å². The maximum Gasteiger partial charge on any atom is 0.238 e. The van der Waals surface area contributed by atoms with Crippen LogP contribution in [-0.4, -0.2) is 18.4 Å². The minimum Gasteiger partial charge on any atom is -0.244 e. The van der Waals surface area contributed by atoms with E-state index >= 15 is 0 Å². The van der Waals surface area contributed by atoms with Gasteiger partial charge in [0.2, 0.25) is 10.0 Å². The molecular formula is C11H13N7O2S. The van der Waals surface area contributed by atoms with Crippen LogP contribution in [0.3, 0.4) is 0 Å². The molecule has 1 aromatic heterocycles. The molecule has 0 radical (unpaired) electrons. The van der Waals surface area contributed by atoms with Crippen LogP contribution in [-0.2, 0) is 10.0 Å². The Hall–Kier alpha value is -1.95. The molecule has 2 heterocycles. The van der Waals surface area contributed by atoms with E-state index in [4.69, 9.17) is 5.14 Å². The molecule has 1 fully saturated rings. The highest BCUT2D eigenvalue weighted by molar-refractivity contribution is 7.89. The molecule has 9 nitrogen and oxygen atoms in total. The van der Waals surface area contributed by atoms with Gasteiger partial charge >= 0.3 is 0 Å². The third-order valence-corrected chi connectivity index (χ3v) is 4.00. The number of hydrazine groups is 3. The molecule has 1 aliphatic rings. The first-order chi connectivity index (χ1) is 10.1. The molecule has 0 saturated carbocycles. The number of sulfonamides is 1. The number of rotatable bonds is 3. The van der Waals surface area contributed by atoms with Gasteiger partial charge in [-0.1, -0.05) is 12.1 Å². The molecule has 0 aliphatic carbocycles. The van der Waals surface area contributed by atoms with E-state index < -0.39 is 16.2 Å². The van der Waals surface area contributed by atoms with Crippen molar-refractivity contribution < 1.29 is 8.42 Å². The number of hydrogen-bond donors (Lipinski definition) is 5. The van der Waals surface area contributed by atoms with Crippen molar-refractivity contribution in [2.75, 3.05) is 0 Å². The van der Waals surface area contributed by atoms with Gasteiger partial charge in [0, 0.05) is 23.5 Å². The van der Waals surface area contributed by atoms with Crippen LogP contribution in [0, 0.1) is 0 Å². The van der Waals surface area contributed by atoms with Gasteiger partial charge in [-0.15, -0.1) is 0 Å². The van der Waals surface area contributed by atoms with Crippen molar-refractivity contribution >= 4 is 10.0 Å².